The molecule has 0 radical (unpaired) electrons. The van der Waals surface area contributed by atoms with Gasteiger partial charge in [0.15, 0.2) is 9.84 Å². The molecule has 4 heteroatoms. The summed E-state index contributed by atoms with van der Waals surface area (Å²) in [7, 11) is -2.91. The van der Waals surface area contributed by atoms with E-state index in [-0.39, 0.29) is 5.25 Å². The molecule has 0 amide bonds. The smallest absolute Gasteiger partial charge is 0.154 e. The summed E-state index contributed by atoms with van der Waals surface area (Å²) in [5.74, 6) is 0.850. The average Bonchev–Trinajstić information content (AvgIpc) is 2.89. The zero-order chi connectivity index (χ0) is 13.7. The van der Waals surface area contributed by atoms with Gasteiger partial charge >= 0.3 is 0 Å². The van der Waals surface area contributed by atoms with Crippen molar-refractivity contribution in [2.45, 2.75) is 76.0 Å². The fourth-order valence-electron chi connectivity index (χ4n) is 3.44. The highest BCUT2D eigenvalue weighted by atomic mass is 32.2. The normalized spacial score (nSPS) is 24.7. The van der Waals surface area contributed by atoms with E-state index in [4.69, 9.17) is 0 Å². The first-order valence-electron chi connectivity index (χ1n) is 8.03. The number of rotatable bonds is 6. The summed E-state index contributed by atoms with van der Waals surface area (Å²) in [4.78, 5) is 0. The van der Waals surface area contributed by atoms with Gasteiger partial charge in [-0.05, 0) is 38.5 Å². The lowest BCUT2D eigenvalue weighted by molar-refractivity contribution is 0.374. The first-order valence-corrected chi connectivity index (χ1v) is 9.74. The Kier molecular flexibility index (Phi) is 5.70. The predicted molar refractivity (Wildman–Crippen MR) is 80.1 cm³/mol. The minimum atomic E-state index is -2.91. The molecule has 2 rings (SSSR count). The zero-order valence-electron chi connectivity index (χ0n) is 12.2. The monoisotopic (exact) mass is 287 g/mol. The van der Waals surface area contributed by atoms with Crippen LogP contribution in [0.25, 0.3) is 0 Å². The highest BCUT2D eigenvalue weighted by Crippen LogP contribution is 2.27. The van der Waals surface area contributed by atoms with Gasteiger partial charge in [-0.25, -0.2) is 8.42 Å². The molecule has 112 valence electrons. The molecule has 2 saturated carbocycles. The largest absolute Gasteiger partial charge is 0.313 e. The number of nitrogens with one attached hydrogen (secondary N) is 1. The molecule has 0 saturated heterocycles. The van der Waals surface area contributed by atoms with Gasteiger partial charge in [0.2, 0.25) is 0 Å². The molecule has 0 aliphatic heterocycles. The maximum atomic E-state index is 12.3. The van der Waals surface area contributed by atoms with Gasteiger partial charge in [-0.1, -0.05) is 32.1 Å². The summed E-state index contributed by atoms with van der Waals surface area (Å²) in [6.45, 7) is 2.51. The molecule has 19 heavy (non-hydrogen) atoms. The summed E-state index contributed by atoms with van der Waals surface area (Å²) in [6, 6.07) is 0.554. The molecule has 3 nitrogen and oxygen atoms in total. The van der Waals surface area contributed by atoms with Gasteiger partial charge in [-0.2, -0.15) is 0 Å². The quantitative estimate of drug-likeness (QED) is 0.817. The molecule has 0 aromatic rings. The minimum Gasteiger partial charge on any atom is -0.313 e. The van der Waals surface area contributed by atoms with Crippen LogP contribution in [0.5, 0.6) is 0 Å². The van der Waals surface area contributed by atoms with Crippen molar-refractivity contribution in [2.24, 2.45) is 5.92 Å². The van der Waals surface area contributed by atoms with Crippen molar-refractivity contribution in [3.05, 3.63) is 0 Å². The average molecular weight is 287 g/mol. The van der Waals surface area contributed by atoms with Crippen molar-refractivity contribution in [3.63, 3.8) is 0 Å². The third-order valence-electron chi connectivity index (χ3n) is 4.85. The fourth-order valence-corrected chi connectivity index (χ4v) is 5.11. The Morgan fingerprint density at radius 3 is 2.21 bits per heavy atom. The van der Waals surface area contributed by atoms with E-state index in [2.05, 4.69) is 5.32 Å². The van der Waals surface area contributed by atoms with Crippen LogP contribution in [0.3, 0.4) is 0 Å². The maximum absolute atomic E-state index is 12.3. The first-order chi connectivity index (χ1) is 9.08. The minimum absolute atomic E-state index is 0.227. The van der Waals surface area contributed by atoms with Gasteiger partial charge in [-0.15, -0.1) is 0 Å². The van der Waals surface area contributed by atoms with Crippen molar-refractivity contribution in [2.75, 3.05) is 12.3 Å². The van der Waals surface area contributed by atoms with Crippen LogP contribution in [0.4, 0.5) is 0 Å². The van der Waals surface area contributed by atoms with Crippen LogP contribution >= 0.6 is 0 Å². The molecule has 2 aliphatic carbocycles. The van der Waals surface area contributed by atoms with E-state index in [1.807, 2.05) is 6.92 Å². The van der Waals surface area contributed by atoms with Crippen LogP contribution in [-0.2, 0) is 9.84 Å². The second kappa shape index (κ2) is 7.07. The molecule has 0 bridgehead atoms. The van der Waals surface area contributed by atoms with Crippen molar-refractivity contribution < 1.29 is 8.42 Å². The summed E-state index contributed by atoms with van der Waals surface area (Å²) < 4.78 is 24.6. The summed E-state index contributed by atoms with van der Waals surface area (Å²) >= 11 is 0. The lowest BCUT2D eigenvalue weighted by atomic mass is 9.95. The van der Waals surface area contributed by atoms with Gasteiger partial charge in [0.05, 0.1) is 11.0 Å². The zero-order valence-corrected chi connectivity index (χ0v) is 13.1. The van der Waals surface area contributed by atoms with Crippen molar-refractivity contribution in [3.8, 4) is 0 Å². The Morgan fingerprint density at radius 2 is 1.58 bits per heavy atom. The van der Waals surface area contributed by atoms with Crippen LogP contribution in [0.1, 0.15) is 64.7 Å². The van der Waals surface area contributed by atoms with Gasteiger partial charge < -0.3 is 5.32 Å². The highest BCUT2D eigenvalue weighted by Gasteiger charge is 2.27. The standard InChI is InChI=1S/C15H29NO2S/c1-13(11-16-15-9-3-2-4-10-15)19(17,18)12-14-7-5-6-8-14/h13-16H,2-12H2,1H3. The van der Waals surface area contributed by atoms with Gasteiger partial charge in [-0.3, -0.25) is 0 Å². The van der Waals surface area contributed by atoms with Crippen LogP contribution in [0.15, 0.2) is 0 Å². The summed E-state index contributed by atoms with van der Waals surface area (Å²) in [5.41, 5.74) is 0. The van der Waals surface area contributed by atoms with Crippen LogP contribution in [-0.4, -0.2) is 32.0 Å². The van der Waals surface area contributed by atoms with Gasteiger partial charge in [0, 0.05) is 12.6 Å². The second-order valence-corrected chi connectivity index (χ2v) is 9.00. The van der Waals surface area contributed by atoms with E-state index in [1.165, 1.54) is 44.9 Å². The predicted octanol–water partition coefficient (Wildman–Crippen LogP) is 2.90. The lowest BCUT2D eigenvalue weighted by Crippen LogP contribution is -2.40. The van der Waals surface area contributed by atoms with E-state index in [0.717, 1.165) is 12.8 Å². The third kappa shape index (κ3) is 4.75. The number of hydrogen-bond donors (Lipinski definition) is 1. The molecule has 0 aromatic carbocycles. The van der Waals surface area contributed by atoms with Gasteiger partial charge in [0.1, 0.15) is 0 Å². The Morgan fingerprint density at radius 1 is 1.00 bits per heavy atom. The molecule has 0 spiro atoms. The van der Waals surface area contributed by atoms with E-state index >= 15 is 0 Å². The molecule has 1 N–H and O–H groups in total. The summed E-state index contributed by atoms with van der Waals surface area (Å²) in [5, 5.41) is 3.25. The molecule has 1 unspecified atom stereocenters. The van der Waals surface area contributed by atoms with E-state index in [0.29, 0.717) is 24.3 Å². The van der Waals surface area contributed by atoms with Crippen LogP contribution in [0.2, 0.25) is 0 Å². The maximum Gasteiger partial charge on any atom is 0.154 e. The Labute approximate surface area is 118 Å². The Balaban J connectivity index is 1.75. The molecule has 0 heterocycles. The van der Waals surface area contributed by atoms with Gasteiger partial charge in [0.25, 0.3) is 0 Å². The lowest BCUT2D eigenvalue weighted by Gasteiger charge is -2.25. The van der Waals surface area contributed by atoms with E-state index < -0.39 is 9.84 Å². The van der Waals surface area contributed by atoms with Crippen LogP contribution in [0, 0.1) is 5.92 Å². The molecule has 2 aliphatic rings. The summed E-state index contributed by atoms with van der Waals surface area (Å²) in [6.07, 6.45) is 11.0. The number of sulfone groups is 1. The van der Waals surface area contributed by atoms with Crippen molar-refractivity contribution in [1.29, 1.82) is 0 Å². The molecular formula is C15H29NO2S. The Hall–Kier alpha value is -0.0900. The third-order valence-corrected chi connectivity index (χ3v) is 7.18. The fraction of sp³-hybridized carbons (Fsp3) is 1.00. The Bertz CT molecular complexity index is 354. The second-order valence-electron chi connectivity index (χ2n) is 6.53. The molecule has 2 fully saturated rings. The molecule has 1 atom stereocenters. The number of hydrogen-bond acceptors (Lipinski definition) is 3. The topological polar surface area (TPSA) is 46.2 Å². The van der Waals surface area contributed by atoms with Crippen LogP contribution < -0.4 is 5.32 Å². The molecule has 0 aromatic heterocycles. The van der Waals surface area contributed by atoms with Crippen molar-refractivity contribution >= 4 is 9.84 Å². The molecular weight excluding hydrogens is 258 g/mol. The van der Waals surface area contributed by atoms with Crippen molar-refractivity contribution in [1.82, 2.24) is 5.32 Å². The van der Waals surface area contributed by atoms with E-state index in [9.17, 15) is 8.42 Å². The highest BCUT2D eigenvalue weighted by molar-refractivity contribution is 7.92. The van der Waals surface area contributed by atoms with E-state index in [1.54, 1.807) is 0 Å². The first kappa shape index (κ1) is 15.3. The SMILES string of the molecule is CC(CNC1CCCCC1)S(=O)(=O)CC1CCCC1.